The lowest BCUT2D eigenvalue weighted by molar-refractivity contribution is -0.132. The molecule has 0 spiro atoms. The molecule has 3 N–H and O–H groups in total. The van der Waals surface area contributed by atoms with Crippen LogP contribution in [0.1, 0.15) is 13.3 Å². The van der Waals surface area contributed by atoms with Crippen LogP contribution in [-0.2, 0) is 9.36 Å². The molecule has 12 heavy (non-hydrogen) atoms. The lowest BCUT2D eigenvalue weighted by Gasteiger charge is -1.99. The Bertz CT molecular complexity index is 238. The summed E-state index contributed by atoms with van der Waals surface area (Å²) in [7, 11) is -3.99. The highest BCUT2D eigenvalue weighted by atomic mass is 31.2. The van der Waals surface area contributed by atoms with Crippen molar-refractivity contribution in [3.8, 4) is 0 Å². The van der Waals surface area contributed by atoms with Crippen molar-refractivity contribution >= 4 is 13.6 Å². The second kappa shape index (κ2) is 4.40. The predicted molar refractivity (Wildman–Crippen MR) is 42.9 cm³/mol. The van der Waals surface area contributed by atoms with Gasteiger partial charge < -0.3 is 14.9 Å². The van der Waals surface area contributed by atoms with Gasteiger partial charge in [0.25, 0.3) is 0 Å². The van der Waals surface area contributed by atoms with Crippen molar-refractivity contribution in [2.45, 2.75) is 13.3 Å². The minimum Gasteiger partial charge on any atom is -0.478 e. The average Bonchev–Trinajstić information content (AvgIpc) is 1.84. The number of carboxylic acid groups (broad SMARTS) is 1. The summed E-state index contributed by atoms with van der Waals surface area (Å²) in [6, 6.07) is 0. The van der Waals surface area contributed by atoms with Crippen molar-refractivity contribution in [2.24, 2.45) is 0 Å². The van der Waals surface area contributed by atoms with Crippen LogP contribution in [0.25, 0.3) is 0 Å². The van der Waals surface area contributed by atoms with Gasteiger partial charge in [-0.1, -0.05) is 6.08 Å². The van der Waals surface area contributed by atoms with E-state index in [1.807, 2.05) is 0 Å². The van der Waals surface area contributed by atoms with E-state index in [0.717, 1.165) is 0 Å². The standard InChI is InChI=1S/C6H11O5P/c1-5(6(7)8)3-2-4-12(9,10)11/h3H,2,4H2,1H3,(H,7,8)(H2,9,10,11). The lowest BCUT2D eigenvalue weighted by atomic mass is 10.2. The van der Waals surface area contributed by atoms with E-state index in [9.17, 15) is 9.36 Å². The largest absolute Gasteiger partial charge is 0.478 e. The van der Waals surface area contributed by atoms with Crippen LogP contribution in [0.3, 0.4) is 0 Å². The van der Waals surface area contributed by atoms with Crippen LogP contribution >= 0.6 is 7.60 Å². The number of allylic oxidation sites excluding steroid dienone is 1. The van der Waals surface area contributed by atoms with Gasteiger partial charge in [0.1, 0.15) is 0 Å². The highest BCUT2D eigenvalue weighted by Gasteiger charge is 2.10. The predicted octanol–water partition coefficient (Wildman–Crippen LogP) is 0.585. The molecule has 0 aliphatic rings. The molecule has 6 heteroatoms. The summed E-state index contributed by atoms with van der Waals surface area (Å²) in [5, 5.41) is 8.35. The van der Waals surface area contributed by atoms with Crippen LogP contribution in [-0.4, -0.2) is 27.0 Å². The Morgan fingerprint density at radius 2 is 2.00 bits per heavy atom. The SMILES string of the molecule is CC(=CCCP(=O)(O)O)C(=O)O. The van der Waals surface area contributed by atoms with Crippen molar-refractivity contribution < 1.29 is 24.3 Å². The molecule has 0 unspecified atom stereocenters. The Labute approximate surface area is 69.9 Å². The summed E-state index contributed by atoms with van der Waals surface area (Å²) in [5.74, 6) is -1.07. The van der Waals surface area contributed by atoms with Gasteiger partial charge in [-0.05, 0) is 13.3 Å². The van der Waals surface area contributed by atoms with Gasteiger partial charge >= 0.3 is 13.6 Å². The normalized spacial score (nSPS) is 13.1. The smallest absolute Gasteiger partial charge is 0.330 e. The fourth-order valence-electron chi connectivity index (χ4n) is 0.537. The molecule has 0 bridgehead atoms. The number of aliphatic carboxylic acids is 1. The molecule has 0 saturated carbocycles. The molecule has 0 saturated heterocycles. The Morgan fingerprint density at radius 3 is 2.33 bits per heavy atom. The Hall–Kier alpha value is -0.640. The van der Waals surface area contributed by atoms with Crippen molar-refractivity contribution in [3.63, 3.8) is 0 Å². The van der Waals surface area contributed by atoms with Gasteiger partial charge in [-0.15, -0.1) is 0 Å². The number of hydrogen-bond donors (Lipinski definition) is 3. The molecule has 0 fully saturated rings. The Balaban J connectivity index is 3.92. The quantitative estimate of drug-likeness (QED) is 0.449. The average molecular weight is 194 g/mol. The minimum atomic E-state index is -3.99. The van der Waals surface area contributed by atoms with Gasteiger partial charge in [-0.25, -0.2) is 4.79 Å². The molecule has 0 aromatic rings. The monoisotopic (exact) mass is 194 g/mol. The first-order valence-corrected chi connectivity index (χ1v) is 5.07. The van der Waals surface area contributed by atoms with E-state index in [1.165, 1.54) is 13.0 Å². The molecular formula is C6H11O5P. The summed E-state index contributed by atoms with van der Waals surface area (Å²) in [6.45, 7) is 1.38. The molecule has 0 aromatic heterocycles. The summed E-state index contributed by atoms with van der Waals surface area (Å²) in [4.78, 5) is 27.0. The first-order chi connectivity index (χ1) is 5.33. The second-order valence-corrected chi connectivity index (χ2v) is 4.15. The van der Waals surface area contributed by atoms with Crippen LogP contribution in [0.15, 0.2) is 11.6 Å². The number of carboxylic acids is 1. The van der Waals surface area contributed by atoms with Crippen LogP contribution in [0.4, 0.5) is 0 Å². The summed E-state index contributed by atoms with van der Waals surface area (Å²) in [6.07, 6.45) is 1.07. The molecule has 70 valence electrons. The third kappa shape index (κ3) is 6.09. The molecule has 0 aromatic carbocycles. The van der Waals surface area contributed by atoms with Crippen LogP contribution < -0.4 is 0 Å². The molecule has 0 aliphatic carbocycles. The first kappa shape index (κ1) is 11.4. The van der Waals surface area contributed by atoms with Crippen LogP contribution in [0.2, 0.25) is 0 Å². The minimum absolute atomic E-state index is 0.0857. The number of carbonyl (C=O) groups is 1. The topological polar surface area (TPSA) is 94.8 Å². The van der Waals surface area contributed by atoms with Crippen LogP contribution in [0.5, 0.6) is 0 Å². The van der Waals surface area contributed by atoms with E-state index >= 15 is 0 Å². The maximum Gasteiger partial charge on any atom is 0.330 e. The fourth-order valence-corrected chi connectivity index (χ4v) is 1.00. The molecule has 0 heterocycles. The van der Waals surface area contributed by atoms with Crippen molar-refractivity contribution in [2.75, 3.05) is 6.16 Å². The molecule has 0 amide bonds. The molecule has 5 nitrogen and oxygen atoms in total. The molecule has 0 aliphatic heterocycles. The van der Waals surface area contributed by atoms with E-state index in [1.54, 1.807) is 0 Å². The van der Waals surface area contributed by atoms with E-state index in [4.69, 9.17) is 14.9 Å². The molecule has 0 radical (unpaired) electrons. The van der Waals surface area contributed by atoms with Crippen molar-refractivity contribution in [3.05, 3.63) is 11.6 Å². The zero-order valence-electron chi connectivity index (χ0n) is 6.60. The zero-order chi connectivity index (χ0) is 9.78. The second-order valence-electron chi connectivity index (χ2n) is 2.37. The highest BCUT2D eigenvalue weighted by Crippen LogP contribution is 2.34. The van der Waals surface area contributed by atoms with Gasteiger partial charge in [0.2, 0.25) is 0 Å². The highest BCUT2D eigenvalue weighted by molar-refractivity contribution is 7.51. The van der Waals surface area contributed by atoms with Gasteiger partial charge in [0.05, 0.1) is 6.16 Å². The van der Waals surface area contributed by atoms with E-state index in [0.29, 0.717) is 0 Å². The third-order valence-electron chi connectivity index (χ3n) is 1.21. The Morgan fingerprint density at radius 1 is 1.50 bits per heavy atom. The van der Waals surface area contributed by atoms with Gasteiger partial charge in [0, 0.05) is 5.57 Å². The summed E-state index contributed by atoms with van der Waals surface area (Å²) < 4.78 is 10.3. The summed E-state index contributed by atoms with van der Waals surface area (Å²) in [5.41, 5.74) is 0.100. The number of rotatable bonds is 4. The lowest BCUT2D eigenvalue weighted by Crippen LogP contribution is -1.96. The molecule has 0 rings (SSSR count). The molecule has 0 atom stereocenters. The van der Waals surface area contributed by atoms with Gasteiger partial charge in [-0.2, -0.15) is 0 Å². The van der Waals surface area contributed by atoms with E-state index < -0.39 is 13.6 Å². The summed E-state index contributed by atoms with van der Waals surface area (Å²) >= 11 is 0. The maximum atomic E-state index is 10.3. The Kier molecular flexibility index (Phi) is 4.17. The molecular weight excluding hydrogens is 183 g/mol. The zero-order valence-corrected chi connectivity index (χ0v) is 7.49. The van der Waals surface area contributed by atoms with E-state index in [-0.39, 0.29) is 18.2 Å². The van der Waals surface area contributed by atoms with E-state index in [2.05, 4.69) is 0 Å². The van der Waals surface area contributed by atoms with Crippen molar-refractivity contribution in [1.82, 2.24) is 0 Å². The maximum absolute atomic E-state index is 10.3. The third-order valence-corrected chi connectivity index (χ3v) is 2.05. The first-order valence-electron chi connectivity index (χ1n) is 3.27. The van der Waals surface area contributed by atoms with Crippen molar-refractivity contribution in [1.29, 1.82) is 0 Å². The van der Waals surface area contributed by atoms with Crippen LogP contribution in [0, 0.1) is 0 Å². The number of hydrogen-bond acceptors (Lipinski definition) is 2. The fraction of sp³-hybridized carbons (Fsp3) is 0.500. The van der Waals surface area contributed by atoms with Gasteiger partial charge in [-0.3, -0.25) is 4.57 Å². The van der Waals surface area contributed by atoms with Gasteiger partial charge in [0.15, 0.2) is 0 Å².